The van der Waals surface area contributed by atoms with Gasteiger partial charge >= 0.3 is 6.09 Å². The highest BCUT2D eigenvalue weighted by Crippen LogP contribution is 2.32. The molecule has 1 aromatic carbocycles. The van der Waals surface area contributed by atoms with Gasteiger partial charge in [0.2, 0.25) is 9.84 Å². The third kappa shape index (κ3) is 6.49. The molecule has 6 heterocycles. The van der Waals surface area contributed by atoms with E-state index >= 15 is 0 Å². The molecule has 5 aromatic rings. The summed E-state index contributed by atoms with van der Waals surface area (Å²) in [6, 6.07) is 16.5. The fourth-order valence-electron chi connectivity index (χ4n) is 6.05. The number of imidazole rings is 1. The van der Waals surface area contributed by atoms with Gasteiger partial charge < -0.3 is 24.2 Å². The molecule has 14 heteroatoms. The van der Waals surface area contributed by atoms with E-state index in [1.807, 2.05) is 57.2 Å². The van der Waals surface area contributed by atoms with Crippen LogP contribution >= 0.6 is 0 Å². The monoisotopic (exact) mass is 670 g/mol. The second kappa shape index (κ2) is 12.7. The lowest BCUT2D eigenvalue weighted by Crippen LogP contribution is -2.50. The van der Waals surface area contributed by atoms with E-state index in [0.29, 0.717) is 80.6 Å². The van der Waals surface area contributed by atoms with Crippen molar-refractivity contribution >= 4 is 44.0 Å². The molecule has 0 unspecified atom stereocenters. The molecule has 0 N–H and O–H groups in total. The minimum Gasteiger partial charge on any atom is -0.444 e. The maximum absolute atomic E-state index is 13.9. The number of benzene rings is 1. The van der Waals surface area contributed by atoms with Gasteiger partial charge in [0, 0.05) is 56.4 Å². The molecule has 0 atom stereocenters. The summed E-state index contributed by atoms with van der Waals surface area (Å²) in [5.41, 5.74) is 3.07. The van der Waals surface area contributed by atoms with Crippen LogP contribution < -0.4 is 9.80 Å². The molecule has 7 rings (SSSR count). The van der Waals surface area contributed by atoms with Crippen molar-refractivity contribution in [1.82, 2.24) is 29.5 Å². The van der Waals surface area contributed by atoms with E-state index in [2.05, 4.69) is 19.9 Å². The van der Waals surface area contributed by atoms with Crippen molar-refractivity contribution in [3.05, 3.63) is 72.7 Å². The van der Waals surface area contributed by atoms with E-state index in [4.69, 9.17) is 19.4 Å². The Kier molecular flexibility index (Phi) is 8.37. The molecule has 2 saturated heterocycles. The van der Waals surface area contributed by atoms with Crippen molar-refractivity contribution < 1.29 is 22.7 Å². The normalized spacial score (nSPS) is 16.1. The van der Waals surface area contributed by atoms with Gasteiger partial charge in [0.05, 0.1) is 42.0 Å². The molecule has 250 valence electrons. The molecule has 13 nitrogen and oxygen atoms in total. The molecule has 2 aliphatic rings. The number of sulfone groups is 1. The summed E-state index contributed by atoms with van der Waals surface area (Å²) in [4.78, 5) is 32.7. The molecule has 2 fully saturated rings. The summed E-state index contributed by atoms with van der Waals surface area (Å²) in [6.07, 6.45) is 3.12. The highest BCUT2D eigenvalue weighted by Gasteiger charge is 2.29. The minimum absolute atomic E-state index is 0.00966. The molecule has 4 aromatic heterocycles. The van der Waals surface area contributed by atoms with Crippen LogP contribution in [0.2, 0.25) is 0 Å². The van der Waals surface area contributed by atoms with Crippen molar-refractivity contribution in [2.45, 2.75) is 37.2 Å². The molecular weight excluding hydrogens is 632 g/mol. The van der Waals surface area contributed by atoms with Crippen molar-refractivity contribution in [3.63, 3.8) is 0 Å². The number of carbonyl (C=O) groups excluding carboxylic acids is 1. The molecule has 2 aliphatic heterocycles. The van der Waals surface area contributed by atoms with Crippen LogP contribution in [0.5, 0.6) is 0 Å². The van der Waals surface area contributed by atoms with Gasteiger partial charge in [0.1, 0.15) is 17.2 Å². The average Bonchev–Trinajstić information content (AvgIpc) is 3.45. The SMILES string of the molecule is CC(C)(C)OC(=O)N1CCN(c2ccc(-c3c(CS(=O)(=O)c4ccc5ccccc5n4)nc4c(N5CCOCC5)ccnn34)cn2)CC1. The lowest BCUT2D eigenvalue weighted by atomic mass is 10.1. The zero-order valence-electron chi connectivity index (χ0n) is 27.2. The van der Waals surface area contributed by atoms with Crippen molar-refractivity contribution in [2.24, 2.45) is 0 Å². The van der Waals surface area contributed by atoms with Gasteiger partial charge in [0.15, 0.2) is 10.7 Å². The molecule has 0 aliphatic carbocycles. The van der Waals surface area contributed by atoms with E-state index in [1.165, 1.54) is 0 Å². The number of hydrogen-bond acceptors (Lipinski definition) is 11. The van der Waals surface area contributed by atoms with Crippen LogP contribution in [-0.2, 0) is 25.1 Å². The summed E-state index contributed by atoms with van der Waals surface area (Å²) in [6.45, 7) is 10.4. The number of morpholine rings is 1. The zero-order chi connectivity index (χ0) is 33.5. The van der Waals surface area contributed by atoms with Gasteiger partial charge in [-0.2, -0.15) is 5.10 Å². The van der Waals surface area contributed by atoms with Crippen LogP contribution in [0.15, 0.2) is 72.0 Å². The van der Waals surface area contributed by atoms with E-state index in [1.54, 1.807) is 40.0 Å². The fraction of sp³-hybridized carbons (Fsp3) is 0.382. The standard InChI is InChI=1S/C34H38N8O5S/c1-34(2,3)47-33(43)41-16-14-40(15-17-41)29-10-8-25(22-35-29)31-27(23-48(44,45)30-11-9-24-6-4-5-7-26(24)37-30)38-32-28(12-13-36-42(31)32)39-18-20-46-21-19-39/h4-13,22H,14-21,23H2,1-3H3. The molecular formula is C34H38N8O5S. The molecule has 0 saturated carbocycles. The highest BCUT2D eigenvalue weighted by atomic mass is 32.2. The fourth-order valence-corrected chi connectivity index (χ4v) is 7.27. The number of nitrogens with zero attached hydrogens (tertiary/aromatic N) is 8. The van der Waals surface area contributed by atoms with Crippen molar-refractivity contribution in [1.29, 1.82) is 0 Å². The van der Waals surface area contributed by atoms with Gasteiger partial charge in [-0.3, -0.25) is 0 Å². The summed E-state index contributed by atoms with van der Waals surface area (Å²) in [5.74, 6) is 0.390. The lowest BCUT2D eigenvalue weighted by molar-refractivity contribution is 0.0240. The Hall–Kier alpha value is -4.82. The van der Waals surface area contributed by atoms with Crippen molar-refractivity contribution in [2.75, 3.05) is 62.3 Å². The number of pyridine rings is 2. The number of anilines is 2. The van der Waals surface area contributed by atoms with Crippen LogP contribution in [0.3, 0.4) is 0 Å². The van der Waals surface area contributed by atoms with Crippen molar-refractivity contribution in [3.8, 4) is 11.3 Å². The zero-order valence-corrected chi connectivity index (χ0v) is 28.1. The van der Waals surface area contributed by atoms with Crippen LogP contribution in [-0.4, -0.2) is 102 Å². The highest BCUT2D eigenvalue weighted by molar-refractivity contribution is 7.90. The maximum atomic E-state index is 13.9. The number of piperazine rings is 1. The number of rotatable bonds is 6. The van der Waals surface area contributed by atoms with Crippen LogP contribution in [0.4, 0.5) is 16.3 Å². The molecule has 0 radical (unpaired) electrons. The Bertz CT molecular complexity index is 2060. The Labute approximate surface area is 279 Å². The smallest absolute Gasteiger partial charge is 0.410 e. The number of amides is 1. The summed E-state index contributed by atoms with van der Waals surface area (Å²) in [7, 11) is -3.89. The predicted molar refractivity (Wildman–Crippen MR) is 182 cm³/mol. The number of para-hydroxylation sites is 1. The molecule has 0 bridgehead atoms. The number of aromatic nitrogens is 5. The van der Waals surface area contributed by atoms with Gasteiger partial charge in [0.25, 0.3) is 0 Å². The first kappa shape index (κ1) is 31.8. The number of carbonyl (C=O) groups is 1. The molecule has 1 amide bonds. The van der Waals surface area contributed by atoms with Gasteiger partial charge in [-0.25, -0.2) is 32.7 Å². The second-order valence-corrected chi connectivity index (χ2v) is 14.9. The average molecular weight is 671 g/mol. The topological polar surface area (TPSA) is 135 Å². The predicted octanol–water partition coefficient (Wildman–Crippen LogP) is 4.21. The lowest BCUT2D eigenvalue weighted by Gasteiger charge is -2.36. The van der Waals surface area contributed by atoms with E-state index in [-0.39, 0.29) is 16.9 Å². The van der Waals surface area contributed by atoms with Gasteiger partial charge in [-0.05, 0) is 57.2 Å². The number of fused-ring (bicyclic) bond motifs is 2. The van der Waals surface area contributed by atoms with Crippen LogP contribution in [0.1, 0.15) is 26.5 Å². The van der Waals surface area contributed by atoms with E-state index in [9.17, 15) is 13.2 Å². The third-order valence-corrected chi connectivity index (χ3v) is 9.94. The first-order valence-corrected chi connectivity index (χ1v) is 17.7. The Morgan fingerprint density at radius 1 is 0.896 bits per heavy atom. The largest absolute Gasteiger partial charge is 0.444 e. The molecule has 0 spiro atoms. The first-order valence-electron chi connectivity index (χ1n) is 16.0. The minimum atomic E-state index is -3.89. The number of hydrogen-bond donors (Lipinski definition) is 0. The number of ether oxygens (including phenoxy) is 2. The summed E-state index contributed by atoms with van der Waals surface area (Å²) >= 11 is 0. The van der Waals surface area contributed by atoms with Gasteiger partial charge in [-0.1, -0.05) is 18.2 Å². The summed E-state index contributed by atoms with van der Waals surface area (Å²) in [5, 5.41) is 5.49. The Morgan fingerprint density at radius 3 is 2.40 bits per heavy atom. The second-order valence-electron chi connectivity index (χ2n) is 12.9. The van der Waals surface area contributed by atoms with Crippen LogP contribution in [0, 0.1) is 0 Å². The maximum Gasteiger partial charge on any atom is 0.410 e. The van der Waals surface area contributed by atoms with E-state index < -0.39 is 15.4 Å². The molecule has 48 heavy (non-hydrogen) atoms. The first-order chi connectivity index (χ1) is 23.1. The van der Waals surface area contributed by atoms with E-state index in [0.717, 1.165) is 16.9 Å². The van der Waals surface area contributed by atoms with Crippen LogP contribution in [0.25, 0.3) is 27.8 Å². The summed E-state index contributed by atoms with van der Waals surface area (Å²) < 4.78 is 40.6. The third-order valence-electron chi connectivity index (χ3n) is 8.42. The Balaban J connectivity index is 1.21. The quantitative estimate of drug-likeness (QED) is 0.257. The Morgan fingerprint density at radius 2 is 1.67 bits per heavy atom. The van der Waals surface area contributed by atoms with Gasteiger partial charge in [-0.15, -0.1) is 0 Å².